The first-order valence-corrected chi connectivity index (χ1v) is 6.54. The molecule has 0 saturated heterocycles. The van der Waals surface area contributed by atoms with E-state index in [1.54, 1.807) is 29.2 Å². The lowest BCUT2D eigenvalue weighted by Gasteiger charge is -2.08. The quantitative estimate of drug-likeness (QED) is 0.700. The molecule has 3 rings (SSSR count). The zero-order chi connectivity index (χ0) is 14.3. The number of pyridine rings is 1. The molecular formula is C13H10BrN5O. The van der Waals surface area contributed by atoms with Crippen LogP contribution in [0.4, 0.5) is 5.69 Å². The normalized spacial score (nSPS) is 10.8. The van der Waals surface area contributed by atoms with E-state index < -0.39 is 5.91 Å². The molecule has 0 aliphatic rings. The number of anilines is 1. The summed E-state index contributed by atoms with van der Waals surface area (Å²) in [6, 6.07) is 5.47. The predicted molar refractivity (Wildman–Crippen MR) is 79.5 cm³/mol. The molecule has 0 unspecified atom stereocenters. The largest absolute Gasteiger partial charge is 0.398 e. The van der Waals surface area contributed by atoms with Gasteiger partial charge in [-0.2, -0.15) is 5.10 Å². The third kappa shape index (κ3) is 2.01. The molecule has 0 radical (unpaired) electrons. The third-order valence-corrected chi connectivity index (χ3v) is 3.38. The number of hydrogen-bond acceptors (Lipinski definition) is 4. The lowest BCUT2D eigenvalue weighted by molar-refractivity contribution is 0.100. The summed E-state index contributed by atoms with van der Waals surface area (Å²) in [5.41, 5.74) is 13.6. The second kappa shape index (κ2) is 4.61. The third-order valence-electron chi connectivity index (χ3n) is 2.94. The summed E-state index contributed by atoms with van der Waals surface area (Å²) in [4.78, 5) is 15.5. The first kappa shape index (κ1) is 12.6. The van der Waals surface area contributed by atoms with Gasteiger partial charge in [-0.25, -0.2) is 4.68 Å². The van der Waals surface area contributed by atoms with Crippen molar-refractivity contribution in [3.05, 3.63) is 46.8 Å². The summed E-state index contributed by atoms with van der Waals surface area (Å²) in [7, 11) is 0. The van der Waals surface area contributed by atoms with Gasteiger partial charge in [0.2, 0.25) is 0 Å². The van der Waals surface area contributed by atoms with Crippen LogP contribution < -0.4 is 11.5 Å². The summed E-state index contributed by atoms with van der Waals surface area (Å²) in [6.45, 7) is 0. The highest BCUT2D eigenvalue weighted by molar-refractivity contribution is 9.10. The number of carbonyl (C=O) groups excluding carboxylic acids is 1. The number of nitrogens with zero attached hydrogens (tertiary/aromatic N) is 3. The van der Waals surface area contributed by atoms with E-state index in [2.05, 4.69) is 26.0 Å². The molecule has 1 aromatic carbocycles. The number of aromatic nitrogens is 3. The molecule has 0 saturated carbocycles. The fourth-order valence-electron chi connectivity index (χ4n) is 1.97. The molecule has 100 valence electrons. The molecule has 1 amide bonds. The van der Waals surface area contributed by atoms with Gasteiger partial charge in [0.1, 0.15) is 0 Å². The lowest BCUT2D eigenvalue weighted by Crippen LogP contribution is -2.09. The average molecular weight is 332 g/mol. The summed E-state index contributed by atoms with van der Waals surface area (Å²) in [5.74, 6) is -0.522. The van der Waals surface area contributed by atoms with Crippen molar-refractivity contribution < 1.29 is 4.79 Å². The van der Waals surface area contributed by atoms with Crippen molar-refractivity contribution in [3.8, 4) is 5.69 Å². The Kier molecular flexibility index (Phi) is 2.90. The number of rotatable bonds is 2. The van der Waals surface area contributed by atoms with Crippen molar-refractivity contribution in [1.29, 1.82) is 0 Å². The van der Waals surface area contributed by atoms with Crippen LogP contribution in [0, 0.1) is 0 Å². The number of amides is 1. The maximum absolute atomic E-state index is 11.1. The van der Waals surface area contributed by atoms with E-state index in [1.165, 1.54) is 6.20 Å². The van der Waals surface area contributed by atoms with Crippen molar-refractivity contribution >= 4 is 38.4 Å². The van der Waals surface area contributed by atoms with Gasteiger partial charge in [0, 0.05) is 27.9 Å². The van der Waals surface area contributed by atoms with Gasteiger partial charge in [-0.15, -0.1) is 0 Å². The van der Waals surface area contributed by atoms with Gasteiger partial charge in [0.15, 0.2) is 0 Å². The maximum Gasteiger partial charge on any atom is 0.251 e. The molecule has 0 spiro atoms. The van der Waals surface area contributed by atoms with Gasteiger partial charge >= 0.3 is 0 Å². The molecule has 0 atom stereocenters. The monoisotopic (exact) mass is 331 g/mol. The maximum atomic E-state index is 11.1. The topological polar surface area (TPSA) is 99.8 Å². The SMILES string of the molecule is NC(=O)c1cnn(-c2ccc(N)c3cc(Br)cnc23)c1. The Labute approximate surface area is 122 Å². The van der Waals surface area contributed by atoms with Crippen LogP contribution in [0.1, 0.15) is 10.4 Å². The molecule has 0 fully saturated rings. The molecule has 7 heteroatoms. The standard InChI is InChI=1S/C13H10BrN5O/c14-8-3-9-10(15)1-2-11(12(9)17-5-8)19-6-7(4-18-19)13(16)20/h1-6H,15H2,(H2,16,20). The van der Waals surface area contributed by atoms with Crippen LogP contribution in [0.5, 0.6) is 0 Å². The summed E-state index contributed by atoms with van der Waals surface area (Å²) in [6.07, 6.45) is 4.67. The van der Waals surface area contributed by atoms with E-state index in [1.807, 2.05) is 6.07 Å². The first-order chi connectivity index (χ1) is 9.56. The number of halogens is 1. The molecule has 6 nitrogen and oxygen atoms in total. The van der Waals surface area contributed by atoms with Gasteiger partial charge in [0.05, 0.1) is 23.0 Å². The second-order valence-electron chi connectivity index (χ2n) is 4.26. The van der Waals surface area contributed by atoms with Crippen molar-refractivity contribution in [1.82, 2.24) is 14.8 Å². The van der Waals surface area contributed by atoms with Crippen LogP contribution in [0.3, 0.4) is 0 Å². The molecule has 0 aliphatic carbocycles. The summed E-state index contributed by atoms with van der Waals surface area (Å²) >= 11 is 3.37. The van der Waals surface area contributed by atoms with Crippen LogP contribution in [0.2, 0.25) is 0 Å². The van der Waals surface area contributed by atoms with E-state index >= 15 is 0 Å². The van der Waals surface area contributed by atoms with E-state index in [9.17, 15) is 4.79 Å². The number of benzene rings is 1. The van der Waals surface area contributed by atoms with Gasteiger partial charge in [0.25, 0.3) is 5.91 Å². The van der Waals surface area contributed by atoms with Crippen molar-refractivity contribution in [2.24, 2.45) is 5.73 Å². The fraction of sp³-hybridized carbons (Fsp3) is 0. The lowest BCUT2D eigenvalue weighted by atomic mass is 10.1. The molecular weight excluding hydrogens is 322 g/mol. The van der Waals surface area contributed by atoms with Crippen molar-refractivity contribution in [3.63, 3.8) is 0 Å². The second-order valence-corrected chi connectivity index (χ2v) is 5.18. The zero-order valence-corrected chi connectivity index (χ0v) is 11.8. The van der Waals surface area contributed by atoms with Gasteiger partial charge < -0.3 is 11.5 Å². The average Bonchev–Trinajstić information content (AvgIpc) is 2.89. The predicted octanol–water partition coefficient (Wildman–Crippen LogP) is 1.86. The van der Waals surface area contributed by atoms with Crippen LogP contribution >= 0.6 is 15.9 Å². The van der Waals surface area contributed by atoms with Crippen molar-refractivity contribution in [2.45, 2.75) is 0 Å². The molecule has 0 aliphatic heterocycles. The molecule has 3 aromatic rings. The number of nitrogens with two attached hydrogens (primary N) is 2. The summed E-state index contributed by atoms with van der Waals surface area (Å²) < 4.78 is 2.40. The highest BCUT2D eigenvalue weighted by Gasteiger charge is 2.11. The fourth-order valence-corrected chi connectivity index (χ4v) is 2.30. The highest BCUT2D eigenvalue weighted by atomic mass is 79.9. The van der Waals surface area contributed by atoms with E-state index in [0.717, 1.165) is 15.5 Å². The number of primary amides is 1. The van der Waals surface area contributed by atoms with Crippen molar-refractivity contribution in [2.75, 3.05) is 5.73 Å². The number of carbonyl (C=O) groups is 1. The minimum absolute atomic E-state index is 0.340. The number of nitrogen functional groups attached to an aromatic ring is 1. The number of hydrogen-bond donors (Lipinski definition) is 2. The Balaban J connectivity index is 2.25. The Bertz CT molecular complexity index is 827. The van der Waals surface area contributed by atoms with E-state index in [-0.39, 0.29) is 0 Å². The Morgan fingerprint density at radius 2 is 2.10 bits per heavy atom. The Morgan fingerprint density at radius 3 is 2.80 bits per heavy atom. The van der Waals surface area contributed by atoms with E-state index in [0.29, 0.717) is 16.8 Å². The zero-order valence-electron chi connectivity index (χ0n) is 10.2. The van der Waals surface area contributed by atoms with Crippen LogP contribution in [-0.4, -0.2) is 20.7 Å². The molecule has 20 heavy (non-hydrogen) atoms. The molecule has 0 bridgehead atoms. The summed E-state index contributed by atoms with van der Waals surface area (Å²) in [5, 5.41) is 4.95. The van der Waals surface area contributed by atoms with Gasteiger partial charge in [-0.1, -0.05) is 0 Å². The first-order valence-electron chi connectivity index (χ1n) is 5.75. The minimum atomic E-state index is -0.522. The van der Waals surface area contributed by atoms with Gasteiger partial charge in [-0.05, 0) is 34.1 Å². The molecule has 2 aromatic heterocycles. The highest BCUT2D eigenvalue weighted by Crippen LogP contribution is 2.27. The minimum Gasteiger partial charge on any atom is -0.398 e. The van der Waals surface area contributed by atoms with Crippen LogP contribution in [0.25, 0.3) is 16.6 Å². The smallest absolute Gasteiger partial charge is 0.251 e. The Morgan fingerprint density at radius 1 is 1.30 bits per heavy atom. The van der Waals surface area contributed by atoms with Crippen LogP contribution in [0.15, 0.2) is 41.3 Å². The van der Waals surface area contributed by atoms with Gasteiger partial charge in [-0.3, -0.25) is 9.78 Å². The Hall–Kier alpha value is -2.41. The molecule has 2 heterocycles. The number of fused-ring (bicyclic) bond motifs is 1. The van der Waals surface area contributed by atoms with E-state index in [4.69, 9.17) is 11.5 Å². The van der Waals surface area contributed by atoms with Crippen LogP contribution in [-0.2, 0) is 0 Å². The molecule has 4 N–H and O–H groups in total.